The summed E-state index contributed by atoms with van der Waals surface area (Å²) in [7, 11) is 0. The van der Waals surface area contributed by atoms with E-state index in [0.29, 0.717) is 16.8 Å². The molecule has 2 N–H and O–H groups in total. The zero-order valence-electron chi connectivity index (χ0n) is 13.8. The largest absolute Gasteiger partial charge is 0.451 e. The van der Waals surface area contributed by atoms with Crippen LogP contribution in [0.25, 0.3) is 0 Å². The van der Waals surface area contributed by atoms with E-state index in [4.69, 9.17) is 4.74 Å². The molecule has 1 amide bonds. The van der Waals surface area contributed by atoms with Crippen molar-refractivity contribution in [3.63, 3.8) is 0 Å². The van der Waals surface area contributed by atoms with Crippen LogP contribution in [-0.4, -0.2) is 29.3 Å². The zero-order valence-corrected chi connectivity index (χ0v) is 13.8. The monoisotopic (exact) mass is 348 g/mol. The number of para-hydroxylation sites is 1. The van der Waals surface area contributed by atoms with Crippen molar-refractivity contribution < 1.29 is 19.1 Å². The van der Waals surface area contributed by atoms with Crippen LogP contribution in [-0.2, 0) is 9.53 Å². The Morgan fingerprint density at radius 3 is 2.35 bits per heavy atom. The highest BCUT2D eigenvalue weighted by Gasteiger charge is 2.16. The van der Waals surface area contributed by atoms with Crippen LogP contribution in [0, 0.1) is 0 Å². The molecule has 3 aromatic rings. The number of ketones is 1. The van der Waals surface area contributed by atoms with Crippen LogP contribution in [0.3, 0.4) is 0 Å². The fraction of sp³-hybridized carbons (Fsp3) is 0.0500. The van der Waals surface area contributed by atoms with Gasteiger partial charge in [-0.25, -0.2) is 4.79 Å². The normalized spacial score (nSPS) is 10.2. The number of benzene rings is 2. The first kappa shape index (κ1) is 17.2. The van der Waals surface area contributed by atoms with Crippen molar-refractivity contribution >= 4 is 23.3 Å². The zero-order chi connectivity index (χ0) is 18.4. The van der Waals surface area contributed by atoms with Gasteiger partial charge in [0.2, 0.25) is 0 Å². The highest BCUT2D eigenvalue weighted by molar-refractivity contribution is 6.13. The number of aromatic amines is 1. The quantitative estimate of drug-likeness (QED) is 0.529. The number of rotatable bonds is 6. The molecular weight excluding hydrogens is 332 g/mol. The average molecular weight is 348 g/mol. The molecule has 130 valence electrons. The minimum Gasteiger partial charge on any atom is -0.451 e. The minimum atomic E-state index is -0.626. The van der Waals surface area contributed by atoms with E-state index in [1.54, 1.807) is 66.9 Å². The molecule has 0 aliphatic carbocycles. The lowest BCUT2D eigenvalue weighted by atomic mass is 10.0. The number of amides is 1. The summed E-state index contributed by atoms with van der Waals surface area (Å²) >= 11 is 0. The molecule has 0 saturated carbocycles. The smallest absolute Gasteiger partial charge is 0.355 e. The topological polar surface area (TPSA) is 88.3 Å². The van der Waals surface area contributed by atoms with Crippen LogP contribution >= 0.6 is 0 Å². The third-order valence-corrected chi connectivity index (χ3v) is 3.63. The van der Waals surface area contributed by atoms with E-state index >= 15 is 0 Å². The van der Waals surface area contributed by atoms with E-state index in [-0.39, 0.29) is 11.5 Å². The third kappa shape index (κ3) is 4.05. The van der Waals surface area contributed by atoms with Crippen LogP contribution in [0.1, 0.15) is 26.4 Å². The maximum absolute atomic E-state index is 12.6. The van der Waals surface area contributed by atoms with Crippen LogP contribution in [0.2, 0.25) is 0 Å². The van der Waals surface area contributed by atoms with Gasteiger partial charge in [-0.05, 0) is 24.3 Å². The van der Waals surface area contributed by atoms with Gasteiger partial charge in [-0.3, -0.25) is 9.59 Å². The summed E-state index contributed by atoms with van der Waals surface area (Å²) in [6.45, 7) is -0.453. The molecule has 0 aliphatic heterocycles. The van der Waals surface area contributed by atoms with Crippen LogP contribution in [0.4, 0.5) is 5.69 Å². The Bertz CT molecular complexity index is 918. The Balaban J connectivity index is 1.67. The van der Waals surface area contributed by atoms with Crippen LogP contribution < -0.4 is 5.32 Å². The molecule has 0 radical (unpaired) electrons. The lowest BCUT2D eigenvalue weighted by Gasteiger charge is -2.10. The predicted octanol–water partition coefficient (Wildman–Crippen LogP) is 3.04. The van der Waals surface area contributed by atoms with Crippen LogP contribution in [0.15, 0.2) is 72.9 Å². The van der Waals surface area contributed by atoms with Gasteiger partial charge in [0.25, 0.3) is 5.91 Å². The van der Waals surface area contributed by atoms with Crippen molar-refractivity contribution in [2.75, 3.05) is 11.9 Å². The third-order valence-electron chi connectivity index (χ3n) is 3.63. The molecule has 0 unspecified atom stereocenters. The van der Waals surface area contributed by atoms with Gasteiger partial charge in [0, 0.05) is 17.3 Å². The number of aromatic nitrogens is 1. The van der Waals surface area contributed by atoms with Gasteiger partial charge in [0.05, 0.1) is 5.69 Å². The number of H-pyrrole nitrogens is 1. The number of carbonyl (C=O) groups is 3. The highest BCUT2D eigenvalue weighted by atomic mass is 16.5. The molecule has 0 aliphatic rings. The van der Waals surface area contributed by atoms with Crippen molar-refractivity contribution in [2.24, 2.45) is 0 Å². The summed E-state index contributed by atoms with van der Waals surface area (Å²) in [5.74, 6) is -1.36. The van der Waals surface area contributed by atoms with Crippen molar-refractivity contribution in [1.29, 1.82) is 0 Å². The molecule has 6 nitrogen and oxygen atoms in total. The number of anilines is 1. The van der Waals surface area contributed by atoms with Gasteiger partial charge in [0.1, 0.15) is 5.69 Å². The van der Waals surface area contributed by atoms with Gasteiger partial charge in [-0.15, -0.1) is 0 Å². The molecule has 0 fully saturated rings. The molecule has 26 heavy (non-hydrogen) atoms. The number of esters is 1. The maximum Gasteiger partial charge on any atom is 0.355 e. The molecule has 6 heteroatoms. The van der Waals surface area contributed by atoms with Gasteiger partial charge in [0.15, 0.2) is 12.4 Å². The first-order chi connectivity index (χ1) is 12.6. The van der Waals surface area contributed by atoms with E-state index < -0.39 is 18.5 Å². The molecule has 0 atom stereocenters. The number of carbonyl (C=O) groups excluding carboxylic acids is 3. The van der Waals surface area contributed by atoms with Crippen LogP contribution in [0.5, 0.6) is 0 Å². The second-order valence-electron chi connectivity index (χ2n) is 5.45. The summed E-state index contributed by atoms with van der Waals surface area (Å²) in [4.78, 5) is 39.2. The predicted molar refractivity (Wildman–Crippen MR) is 96.0 cm³/mol. The molecule has 1 aromatic heterocycles. The lowest BCUT2D eigenvalue weighted by molar-refractivity contribution is -0.119. The van der Waals surface area contributed by atoms with Crippen molar-refractivity contribution in [3.05, 3.63) is 89.7 Å². The fourth-order valence-electron chi connectivity index (χ4n) is 2.39. The van der Waals surface area contributed by atoms with Crippen molar-refractivity contribution in [3.8, 4) is 0 Å². The second kappa shape index (κ2) is 7.94. The first-order valence-electron chi connectivity index (χ1n) is 7.94. The van der Waals surface area contributed by atoms with Crippen molar-refractivity contribution in [1.82, 2.24) is 4.98 Å². The molecule has 2 aromatic carbocycles. The number of hydrogen-bond acceptors (Lipinski definition) is 4. The number of ether oxygens (including phenoxy) is 1. The first-order valence-corrected chi connectivity index (χ1v) is 7.94. The Morgan fingerprint density at radius 1 is 0.885 bits per heavy atom. The second-order valence-corrected chi connectivity index (χ2v) is 5.45. The Hall–Kier alpha value is -3.67. The molecule has 0 spiro atoms. The lowest BCUT2D eigenvalue weighted by Crippen LogP contribution is -2.22. The molecule has 1 heterocycles. The van der Waals surface area contributed by atoms with E-state index in [1.807, 2.05) is 6.07 Å². The van der Waals surface area contributed by atoms with Gasteiger partial charge in [-0.2, -0.15) is 0 Å². The summed E-state index contributed by atoms with van der Waals surface area (Å²) in [6.07, 6.45) is 1.59. The van der Waals surface area contributed by atoms with E-state index in [0.717, 1.165) is 0 Å². The SMILES string of the molecule is O=C(COC(=O)c1ccc[nH]1)Nc1ccccc1C(=O)c1ccccc1. The summed E-state index contributed by atoms with van der Waals surface area (Å²) < 4.78 is 4.94. The standard InChI is InChI=1S/C20H16N2O4/c23-18(13-26-20(25)17-11-6-12-21-17)22-16-10-5-4-9-15(16)19(24)14-7-2-1-3-8-14/h1-12,21H,13H2,(H,22,23). The molecule has 3 rings (SSSR count). The molecule has 0 bridgehead atoms. The maximum atomic E-state index is 12.6. The van der Waals surface area contributed by atoms with Gasteiger partial charge in [-0.1, -0.05) is 42.5 Å². The van der Waals surface area contributed by atoms with Crippen molar-refractivity contribution in [2.45, 2.75) is 0 Å². The molecular formula is C20H16N2O4. The molecule has 0 saturated heterocycles. The van der Waals surface area contributed by atoms with E-state index in [1.165, 1.54) is 0 Å². The Morgan fingerprint density at radius 2 is 1.62 bits per heavy atom. The van der Waals surface area contributed by atoms with E-state index in [2.05, 4.69) is 10.3 Å². The average Bonchev–Trinajstić information content (AvgIpc) is 3.21. The fourth-order valence-corrected chi connectivity index (χ4v) is 2.39. The Kier molecular flexibility index (Phi) is 5.24. The summed E-state index contributed by atoms with van der Waals surface area (Å²) in [5, 5.41) is 2.61. The summed E-state index contributed by atoms with van der Waals surface area (Å²) in [5.41, 5.74) is 1.51. The highest BCUT2D eigenvalue weighted by Crippen LogP contribution is 2.19. The minimum absolute atomic E-state index is 0.204. The number of nitrogens with one attached hydrogen (secondary N) is 2. The Labute approximate surface area is 149 Å². The van der Waals surface area contributed by atoms with E-state index in [9.17, 15) is 14.4 Å². The summed E-state index contributed by atoms with van der Waals surface area (Å²) in [6, 6.07) is 18.7. The van der Waals surface area contributed by atoms with Gasteiger partial charge < -0.3 is 15.0 Å². The number of hydrogen-bond donors (Lipinski definition) is 2. The van der Waals surface area contributed by atoms with Gasteiger partial charge >= 0.3 is 5.97 Å².